The Labute approximate surface area is 147 Å². The van der Waals surface area contributed by atoms with Crippen LogP contribution in [0.1, 0.15) is 66.2 Å². The molecule has 0 aromatic carbocycles. The summed E-state index contributed by atoms with van der Waals surface area (Å²) in [4.78, 5) is 24.9. The van der Waals surface area contributed by atoms with Gasteiger partial charge in [-0.25, -0.2) is 0 Å². The van der Waals surface area contributed by atoms with E-state index in [0.717, 1.165) is 25.7 Å². The number of rotatable bonds is 10. The van der Waals surface area contributed by atoms with Crippen LogP contribution in [0.5, 0.6) is 0 Å². The molecule has 0 N–H and O–H groups in total. The number of hydrogen-bond donors (Lipinski definition) is 0. The summed E-state index contributed by atoms with van der Waals surface area (Å²) in [6.45, 7) is 9.29. The molecule has 0 aromatic heterocycles. The highest BCUT2D eigenvalue weighted by molar-refractivity contribution is 5.82. The standard InChI is InChI=1S/C20H34O4/c1-5-15(6-2)13-23-19(21)17-11-9-10-12-18(17)20(22)24-14-16(7-3)8-4/h9-10,15-18H,5-8,11-14H2,1-4H3. The molecule has 0 spiro atoms. The Hall–Kier alpha value is -1.32. The molecule has 4 nitrogen and oxygen atoms in total. The van der Waals surface area contributed by atoms with Crippen LogP contribution < -0.4 is 0 Å². The molecule has 2 unspecified atom stereocenters. The SMILES string of the molecule is CCC(CC)COC(=O)C1CC=CCC1C(=O)OCC(CC)CC. The monoisotopic (exact) mass is 338 g/mol. The fourth-order valence-electron chi connectivity index (χ4n) is 3.00. The maximum atomic E-state index is 12.4. The lowest BCUT2D eigenvalue weighted by atomic mass is 9.83. The first-order valence-electron chi connectivity index (χ1n) is 9.55. The van der Waals surface area contributed by atoms with Crippen molar-refractivity contribution in [3.05, 3.63) is 12.2 Å². The Morgan fingerprint density at radius 1 is 0.792 bits per heavy atom. The molecule has 1 aliphatic rings. The Kier molecular flexibility index (Phi) is 9.73. The van der Waals surface area contributed by atoms with Crippen molar-refractivity contribution in [3.8, 4) is 0 Å². The molecule has 1 aliphatic carbocycles. The summed E-state index contributed by atoms with van der Waals surface area (Å²) in [7, 11) is 0. The number of allylic oxidation sites excluding steroid dienone is 2. The quantitative estimate of drug-likeness (QED) is 0.434. The molecule has 4 heteroatoms. The Morgan fingerprint density at radius 3 is 1.42 bits per heavy atom. The van der Waals surface area contributed by atoms with Crippen LogP contribution in [0.3, 0.4) is 0 Å². The van der Waals surface area contributed by atoms with E-state index in [4.69, 9.17) is 9.47 Å². The Bertz CT molecular complexity index is 370. The van der Waals surface area contributed by atoms with E-state index >= 15 is 0 Å². The van der Waals surface area contributed by atoms with E-state index in [1.807, 2.05) is 12.2 Å². The van der Waals surface area contributed by atoms with Gasteiger partial charge in [0.1, 0.15) is 0 Å². The van der Waals surface area contributed by atoms with Crippen LogP contribution in [0.25, 0.3) is 0 Å². The highest BCUT2D eigenvalue weighted by Crippen LogP contribution is 2.28. The zero-order chi connectivity index (χ0) is 17.9. The normalized spacial score (nSPS) is 20.4. The molecule has 2 atom stereocenters. The van der Waals surface area contributed by atoms with Gasteiger partial charge in [-0.15, -0.1) is 0 Å². The lowest BCUT2D eigenvalue weighted by Crippen LogP contribution is -2.35. The zero-order valence-corrected chi connectivity index (χ0v) is 15.8. The van der Waals surface area contributed by atoms with Gasteiger partial charge in [0.2, 0.25) is 0 Å². The molecule has 1 rings (SSSR count). The van der Waals surface area contributed by atoms with E-state index in [9.17, 15) is 9.59 Å². The predicted octanol–water partition coefficient (Wildman–Crippen LogP) is 4.53. The molecule has 24 heavy (non-hydrogen) atoms. The van der Waals surface area contributed by atoms with E-state index in [-0.39, 0.29) is 11.9 Å². The average Bonchev–Trinajstić information content (AvgIpc) is 2.63. The number of hydrogen-bond acceptors (Lipinski definition) is 4. The van der Waals surface area contributed by atoms with Crippen LogP contribution in [0.4, 0.5) is 0 Å². The summed E-state index contributed by atoms with van der Waals surface area (Å²) in [6, 6.07) is 0. The van der Waals surface area contributed by atoms with Gasteiger partial charge >= 0.3 is 11.9 Å². The van der Waals surface area contributed by atoms with Gasteiger partial charge in [0.25, 0.3) is 0 Å². The van der Waals surface area contributed by atoms with Crippen molar-refractivity contribution < 1.29 is 19.1 Å². The molecule has 0 aliphatic heterocycles. The molecule has 0 saturated carbocycles. The van der Waals surface area contributed by atoms with E-state index in [1.54, 1.807) is 0 Å². The summed E-state index contributed by atoms with van der Waals surface area (Å²) < 4.78 is 11.0. The molecular formula is C20H34O4. The minimum Gasteiger partial charge on any atom is -0.465 e. The first-order valence-corrected chi connectivity index (χ1v) is 9.55. The van der Waals surface area contributed by atoms with E-state index in [2.05, 4.69) is 27.7 Å². The lowest BCUT2D eigenvalue weighted by molar-refractivity contribution is -0.162. The van der Waals surface area contributed by atoms with Gasteiger partial charge in [-0.1, -0.05) is 65.5 Å². The summed E-state index contributed by atoms with van der Waals surface area (Å²) in [5.41, 5.74) is 0. The van der Waals surface area contributed by atoms with Gasteiger partial charge in [0.15, 0.2) is 0 Å². The maximum Gasteiger partial charge on any atom is 0.310 e. The van der Waals surface area contributed by atoms with Crippen molar-refractivity contribution in [1.82, 2.24) is 0 Å². The molecule has 0 radical (unpaired) electrons. The van der Waals surface area contributed by atoms with Gasteiger partial charge in [0, 0.05) is 0 Å². The van der Waals surface area contributed by atoms with Crippen LogP contribution in [-0.2, 0) is 19.1 Å². The maximum absolute atomic E-state index is 12.4. The van der Waals surface area contributed by atoms with Crippen LogP contribution in [0.2, 0.25) is 0 Å². The number of esters is 2. The van der Waals surface area contributed by atoms with Gasteiger partial charge in [-0.2, -0.15) is 0 Å². The van der Waals surface area contributed by atoms with Crippen molar-refractivity contribution in [3.63, 3.8) is 0 Å². The topological polar surface area (TPSA) is 52.6 Å². The predicted molar refractivity (Wildman–Crippen MR) is 95.4 cm³/mol. The molecule has 138 valence electrons. The summed E-state index contributed by atoms with van der Waals surface area (Å²) in [6.07, 6.45) is 9.04. The fourth-order valence-corrected chi connectivity index (χ4v) is 3.00. The number of carbonyl (C=O) groups excluding carboxylic acids is 2. The third kappa shape index (κ3) is 6.29. The third-order valence-electron chi connectivity index (χ3n) is 5.27. The first-order chi connectivity index (χ1) is 11.6. The molecule has 0 amide bonds. The van der Waals surface area contributed by atoms with Crippen LogP contribution >= 0.6 is 0 Å². The molecule has 0 bridgehead atoms. The smallest absolute Gasteiger partial charge is 0.310 e. The molecule has 0 heterocycles. The summed E-state index contributed by atoms with van der Waals surface area (Å²) >= 11 is 0. The van der Waals surface area contributed by atoms with E-state index < -0.39 is 11.8 Å². The van der Waals surface area contributed by atoms with Crippen LogP contribution in [0, 0.1) is 23.7 Å². The first kappa shape index (κ1) is 20.7. The minimum atomic E-state index is -0.404. The Morgan fingerprint density at radius 2 is 1.12 bits per heavy atom. The van der Waals surface area contributed by atoms with Crippen molar-refractivity contribution in [2.24, 2.45) is 23.7 Å². The number of ether oxygens (including phenoxy) is 2. The van der Waals surface area contributed by atoms with Crippen LogP contribution in [-0.4, -0.2) is 25.2 Å². The molecule has 0 saturated heterocycles. The van der Waals surface area contributed by atoms with E-state index in [1.165, 1.54) is 0 Å². The van der Waals surface area contributed by atoms with Gasteiger partial charge in [-0.05, 0) is 24.7 Å². The lowest BCUT2D eigenvalue weighted by Gasteiger charge is -2.26. The molecular weight excluding hydrogens is 304 g/mol. The van der Waals surface area contributed by atoms with Crippen LogP contribution in [0.15, 0.2) is 12.2 Å². The van der Waals surface area contributed by atoms with Crippen molar-refractivity contribution >= 4 is 11.9 Å². The van der Waals surface area contributed by atoms with Crippen molar-refractivity contribution in [2.45, 2.75) is 66.2 Å². The average molecular weight is 338 g/mol. The second-order valence-corrected chi connectivity index (χ2v) is 6.78. The third-order valence-corrected chi connectivity index (χ3v) is 5.27. The second kappa shape index (κ2) is 11.3. The highest BCUT2D eigenvalue weighted by Gasteiger charge is 2.36. The van der Waals surface area contributed by atoms with Gasteiger partial charge in [0.05, 0.1) is 25.0 Å². The molecule has 0 fully saturated rings. The van der Waals surface area contributed by atoms with Crippen molar-refractivity contribution in [2.75, 3.05) is 13.2 Å². The summed E-state index contributed by atoms with van der Waals surface area (Å²) in [5, 5.41) is 0. The minimum absolute atomic E-state index is 0.254. The van der Waals surface area contributed by atoms with Gasteiger partial charge in [-0.3, -0.25) is 9.59 Å². The van der Waals surface area contributed by atoms with E-state index in [0.29, 0.717) is 37.9 Å². The second-order valence-electron chi connectivity index (χ2n) is 6.78. The zero-order valence-electron chi connectivity index (χ0n) is 15.8. The molecule has 0 aromatic rings. The van der Waals surface area contributed by atoms with Crippen molar-refractivity contribution in [1.29, 1.82) is 0 Å². The largest absolute Gasteiger partial charge is 0.465 e. The fraction of sp³-hybridized carbons (Fsp3) is 0.800. The number of carbonyl (C=O) groups is 2. The van der Waals surface area contributed by atoms with Gasteiger partial charge < -0.3 is 9.47 Å². The summed E-state index contributed by atoms with van der Waals surface area (Å²) in [5.74, 6) is -0.523. The Balaban J connectivity index is 2.59. The highest BCUT2D eigenvalue weighted by atomic mass is 16.5.